The Hall–Kier alpha value is -1.43. The zero-order valence-corrected chi connectivity index (χ0v) is 7.01. The predicted molar refractivity (Wildman–Crippen MR) is 42.3 cm³/mol. The molecule has 3 nitrogen and oxygen atoms in total. The SMILES string of the molecule is FC(F)(F)OC1=CC=CN2NCC=C12. The summed E-state index contributed by atoms with van der Waals surface area (Å²) in [5, 5.41) is 1.49. The molecule has 0 unspecified atom stereocenters. The lowest BCUT2D eigenvalue weighted by molar-refractivity contribution is -0.304. The highest BCUT2D eigenvalue weighted by Crippen LogP contribution is 2.29. The topological polar surface area (TPSA) is 24.5 Å². The van der Waals surface area contributed by atoms with Gasteiger partial charge in [-0.2, -0.15) is 0 Å². The molecule has 76 valence electrons. The molecule has 0 atom stereocenters. The number of fused-ring (bicyclic) bond motifs is 1. The minimum atomic E-state index is -4.65. The first-order chi connectivity index (χ1) is 6.56. The molecular weight excluding hydrogens is 197 g/mol. The van der Waals surface area contributed by atoms with Crippen LogP contribution in [0, 0.1) is 0 Å². The third kappa shape index (κ3) is 1.74. The lowest BCUT2D eigenvalue weighted by Gasteiger charge is -2.23. The molecule has 0 aromatic carbocycles. The molecule has 0 fully saturated rings. The summed E-state index contributed by atoms with van der Waals surface area (Å²) in [5.41, 5.74) is 3.23. The second-order valence-electron chi connectivity index (χ2n) is 2.74. The van der Waals surface area contributed by atoms with E-state index in [4.69, 9.17) is 0 Å². The predicted octanol–water partition coefficient (Wildman–Crippen LogP) is 1.64. The van der Waals surface area contributed by atoms with Crippen molar-refractivity contribution < 1.29 is 17.9 Å². The first kappa shape index (κ1) is 9.14. The highest BCUT2D eigenvalue weighted by atomic mass is 19.4. The van der Waals surface area contributed by atoms with Crippen LogP contribution in [0.3, 0.4) is 0 Å². The van der Waals surface area contributed by atoms with Crippen LogP contribution < -0.4 is 5.43 Å². The fraction of sp³-hybridized carbons (Fsp3) is 0.250. The van der Waals surface area contributed by atoms with E-state index in [-0.39, 0.29) is 5.76 Å². The minimum Gasteiger partial charge on any atom is -0.404 e. The first-order valence-corrected chi connectivity index (χ1v) is 3.94. The lowest BCUT2D eigenvalue weighted by Crippen LogP contribution is -2.29. The Bertz CT molecular complexity index is 330. The molecule has 2 aliphatic rings. The number of hydrogen-bond acceptors (Lipinski definition) is 3. The molecule has 0 saturated heterocycles. The Morgan fingerprint density at radius 1 is 1.43 bits per heavy atom. The quantitative estimate of drug-likeness (QED) is 0.702. The van der Waals surface area contributed by atoms with E-state index < -0.39 is 6.36 Å². The maximum atomic E-state index is 11.9. The average molecular weight is 204 g/mol. The molecule has 0 bridgehead atoms. The zero-order chi connectivity index (χ0) is 10.2. The number of nitrogens with zero attached hydrogens (tertiary/aromatic N) is 1. The van der Waals surface area contributed by atoms with Crippen LogP contribution in [-0.2, 0) is 4.74 Å². The Balaban J connectivity index is 2.18. The number of alkyl halides is 3. The monoisotopic (exact) mass is 204 g/mol. The van der Waals surface area contributed by atoms with Gasteiger partial charge in [0.2, 0.25) is 0 Å². The van der Waals surface area contributed by atoms with Gasteiger partial charge in [-0.1, -0.05) is 0 Å². The highest BCUT2D eigenvalue weighted by Gasteiger charge is 2.35. The Morgan fingerprint density at radius 2 is 2.21 bits per heavy atom. The molecular formula is C8H7F3N2O. The summed E-state index contributed by atoms with van der Waals surface area (Å²) in [7, 11) is 0. The Kier molecular flexibility index (Phi) is 1.99. The highest BCUT2D eigenvalue weighted by molar-refractivity contribution is 5.35. The molecule has 0 amide bonds. The minimum absolute atomic E-state index is 0.190. The zero-order valence-electron chi connectivity index (χ0n) is 7.01. The molecule has 0 aliphatic carbocycles. The molecule has 0 spiro atoms. The van der Waals surface area contributed by atoms with Crippen molar-refractivity contribution in [2.24, 2.45) is 0 Å². The molecule has 2 aliphatic heterocycles. The van der Waals surface area contributed by atoms with Crippen molar-refractivity contribution in [3.05, 3.63) is 35.9 Å². The largest absolute Gasteiger partial charge is 0.573 e. The molecule has 1 N–H and O–H groups in total. The van der Waals surface area contributed by atoms with E-state index in [0.717, 1.165) is 0 Å². The van der Waals surface area contributed by atoms with Crippen molar-refractivity contribution >= 4 is 0 Å². The summed E-state index contributed by atoms with van der Waals surface area (Å²) < 4.78 is 39.7. The van der Waals surface area contributed by atoms with Crippen LogP contribution in [0.4, 0.5) is 13.2 Å². The number of halogens is 3. The molecule has 2 rings (SSSR count). The van der Waals surface area contributed by atoms with Crippen LogP contribution in [-0.4, -0.2) is 17.9 Å². The lowest BCUT2D eigenvalue weighted by atomic mass is 10.2. The summed E-state index contributed by atoms with van der Waals surface area (Å²) in [5.74, 6) is -0.190. The van der Waals surface area contributed by atoms with Gasteiger partial charge < -0.3 is 4.74 Å². The number of ether oxygens (including phenoxy) is 1. The van der Waals surface area contributed by atoms with Crippen molar-refractivity contribution in [2.75, 3.05) is 6.54 Å². The molecule has 6 heteroatoms. The van der Waals surface area contributed by atoms with Crippen LogP contribution in [0.1, 0.15) is 0 Å². The van der Waals surface area contributed by atoms with Crippen LogP contribution in [0.2, 0.25) is 0 Å². The van der Waals surface area contributed by atoms with E-state index in [1.54, 1.807) is 12.3 Å². The molecule has 0 aromatic heterocycles. The number of rotatable bonds is 1. The van der Waals surface area contributed by atoms with Gasteiger partial charge in [0.15, 0.2) is 5.76 Å². The van der Waals surface area contributed by atoms with Crippen LogP contribution in [0.5, 0.6) is 0 Å². The van der Waals surface area contributed by atoms with Gasteiger partial charge in [0.05, 0.1) is 5.70 Å². The van der Waals surface area contributed by atoms with Crippen molar-refractivity contribution in [3.63, 3.8) is 0 Å². The fourth-order valence-corrected chi connectivity index (χ4v) is 1.29. The van der Waals surface area contributed by atoms with Gasteiger partial charge in [-0.05, 0) is 18.2 Å². The second-order valence-corrected chi connectivity index (χ2v) is 2.74. The summed E-state index contributed by atoms with van der Waals surface area (Å²) in [6, 6.07) is 0. The smallest absolute Gasteiger partial charge is 0.404 e. The van der Waals surface area contributed by atoms with E-state index in [0.29, 0.717) is 12.2 Å². The standard InChI is InChI=1S/C8H7F3N2O/c9-8(10,11)14-7-2-1-5-13-6(7)3-4-12-13/h1-3,5,12H,4H2. The van der Waals surface area contributed by atoms with E-state index in [2.05, 4.69) is 10.2 Å². The number of hydrogen-bond donors (Lipinski definition) is 1. The molecule has 2 heterocycles. The number of hydrazine groups is 1. The summed E-state index contributed by atoms with van der Waals surface area (Å²) >= 11 is 0. The number of nitrogens with one attached hydrogen (secondary N) is 1. The van der Waals surface area contributed by atoms with Crippen LogP contribution in [0.15, 0.2) is 35.9 Å². The van der Waals surface area contributed by atoms with Crippen LogP contribution >= 0.6 is 0 Å². The Morgan fingerprint density at radius 3 is 2.93 bits per heavy atom. The molecule has 0 radical (unpaired) electrons. The third-order valence-electron chi connectivity index (χ3n) is 1.78. The van der Waals surface area contributed by atoms with Gasteiger partial charge in [-0.15, -0.1) is 13.2 Å². The normalized spacial score (nSPS) is 20.4. The van der Waals surface area contributed by atoms with Crippen molar-refractivity contribution in [1.82, 2.24) is 10.4 Å². The summed E-state index contributed by atoms with van der Waals surface area (Å²) in [6.45, 7) is 0.498. The van der Waals surface area contributed by atoms with Crippen molar-refractivity contribution in [1.29, 1.82) is 0 Å². The van der Waals surface area contributed by atoms with Gasteiger partial charge in [-0.3, -0.25) is 5.01 Å². The molecule has 0 saturated carbocycles. The average Bonchev–Trinajstić information content (AvgIpc) is 2.49. The Labute approximate surface area is 78.1 Å². The van der Waals surface area contributed by atoms with Crippen LogP contribution in [0.25, 0.3) is 0 Å². The van der Waals surface area contributed by atoms with Gasteiger partial charge in [-0.25, -0.2) is 5.43 Å². The van der Waals surface area contributed by atoms with Gasteiger partial charge in [0.25, 0.3) is 0 Å². The number of allylic oxidation sites excluding steroid dienone is 2. The van der Waals surface area contributed by atoms with Gasteiger partial charge >= 0.3 is 6.36 Å². The van der Waals surface area contributed by atoms with Crippen molar-refractivity contribution in [3.8, 4) is 0 Å². The second kappa shape index (κ2) is 3.06. The third-order valence-corrected chi connectivity index (χ3v) is 1.78. The van der Waals surface area contributed by atoms with E-state index >= 15 is 0 Å². The maximum Gasteiger partial charge on any atom is 0.573 e. The molecule has 14 heavy (non-hydrogen) atoms. The maximum absolute atomic E-state index is 11.9. The van der Waals surface area contributed by atoms with Gasteiger partial charge in [0, 0.05) is 12.7 Å². The molecule has 0 aromatic rings. The van der Waals surface area contributed by atoms with Crippen molar-refractivity contribution in [2.45, 2.75) is 6.36 Å². The van der Waals surface area contributed by atoms with Gasteiger partial charge in [0.1, 0.15) is 0 Å². The van der Waals surface area contributed by atoms with E-state index in [9.17, 15) is 13.2 Å². The van der Waals surface area contributed by atoms with E-state index in [1.165, 1.54) is 17.2 Å². The summed E-state index contributed by atoms with van der Waals surface area (Å²) in [6.07, 6.45) is 1.37. The fourth-order valence-electron chi connectivity index (χ4n) is 1.29. The van der Waals surface area contributed by atoms with E-state index in [1.807, 2.05) is 0 Å². The first-order valence-electron chi connectivity index (χ1n) is 3.94. The summed E-state index contributed by atoms with van der Waals surface area (Å²) in [4.78, 5) is 0.